The van der Waals surface area contributed by atoms with E-state index in [2.05, 4.69) is 0 Å². The van der Waals surface area contributed by atoms with E-state index < -0.39 is 22.7 Å². The van der Waals surface area contributed by atoms with Crippen molar-refractivity contribution in [2.45, 2.75) is 0 Å². The van der Waals surface area contributed by atoms with E-state index in [0.717, 1.165) is 0 Å². The molecule has 0 aliphatic carbocycles. The Kier molecular flexibility index (Phi) is 38.1. The minimum atomic E-state index is -2.17. The maximum Gasteiger partial charge on any atom is 0.631 e. The van der Waals surface area contributed by atoms with Gasteiger partial charge in [-0.15, -0.1) is 0 Å². The smallest absolute Gasteiger partial charge is 0.430 e. The molecule has 0 radical (unpaired) electrons. The van der Waals surface area contributed by atoms with Crippen LogP contribution in [0.2, 0.25) is 0 Å². The second kappa shape index (κ2) is 23.1. The maximum absolute atomic E-state index is 7.17. The molecule has 0 aromatic rings. The molecular weight excluding hydrogens is 144 g/mol. The molecular formula is H9B3O7. The molecule has 0 aromatic heterocycles. The summed E-state index contributed by atoms with van der Waals surface area (Å²) in [5.74, 6) is 0. The van der Waals surface area contributed by atoms with Crippen LogP contribution >= 0.6 is 0 Å². The van der Waals surface area contributed by atoms with Crippen molar-refractivity contribution in [3.8, 4) is 0 Å². The molecule has 0 saturated carbocycles. The first-order valence-corrected chi connectivity index (χ1v) is 2.04. The van der Waals surface area contributed by atoms with Crippen molar-refractivity contribution in [3.05, 3.63) is 0 Å². The Morgan fingerprint density at radius 1 is 0.700 bits per heavy atom. The third-order valence-electron chi connectivity index (χ3n) is 0. The van der Waals surface area contributed by atoms with Gasteiger partial charge in [-0.1, -0.05) is 0 Å². The van der Waals surface area contributed by atoms with Gasteiger partial charge in [0.15, 0.2) is 0 Å². The molecule has 0 unspecified atom stereocenters. The highest BCUT2D eigenvalue weighted by atomic mass is 16.5. The van der Waals surface area contributed by atoms with Gasteiger partial charge in [0.25, 0.3) is 0 Å². The Hall–Kier alpha value is -0.0852. The quantitative estimate of drug-likeness (QED) is 0.172. The second-order valence-corrected chi connectivity index (χ2v) is 0.629. The van der Waals surface area contributed by atoms with Gasteiger partial charge in [0, 0.05) is 0 Å². The Bertz CT molecular complexity index is 25.3. The van der Waals surface area contributed by atoms with E-state index in [1.165, 1.54) is 0 Å². The molecule has 0 rings (SSSR count). The van der Waals surface area contributed by atoms with Crippen molar-refractivity contribution in [2.75, 3.05) is 0 Å². The van der Waals surface area contributed by atoms with Crippen LogP contribution in [0.4, 0.5) is 0 Å². The van der Waals surface area contributed by atoms with Gasteiger partial charge in [-0.25, -0.2) is 0 Å². The molecule has 10 heteroatoms. The molecule has 0 amide bonds. The summed E-state index contributed by atoms with van der Waals surface area (Å²) < 4.78 is 0. The summed E-state index contributed by atoms with van der Waals surface area (Å²) >= 11 is 0. The van der Waals surface area contributed by atoms with Crippen molar-refractivity contribution in [2.24, 2.45) is 0 Å². The Labute approximate surface area is 59.0 Å². The molecule has 0 atom stereocenters. The third-order valence-corrected chi connectivity index (χ3v) is 0. The van der Waals surface area contributed by atoms with Crippen LogP contribution in [0.3, 0.4) is 0 Å². The lowest BCUT2D eigenvalue weighted by molar-refractivity contribution is 0.278. The Morgan fingerprint density at radius 2 is 0.700 bits per heavy atom. The highest BCUT2D eigenvalue weighted by Gasteiger charge is 1.92. The van der Waals surface area contributed by atoms with Crippen LogP contribution in [-0.2, 0) is 0 Å². The summed E-state index contributed by atoms with van der Waals surface area (Å²) in [6.07, 6.45) is 0. The Balaban J connectivity index is -0.0000000750. The van der Waals surface area contributed by atoms with Crippen LogP contribution in [0.5, 0.6) is 0 Å². The molecule has 0 spiro atoms. The fourth-order valence-corrected chi connectivity index (χ4v) is 0. The van der Waals surface area contributed by atoms with Gasteiger partial charge in [-0.2, -0.15) is 0 Å². The molecule has 0 fully saturated rings. The van der Waals surface area contributed by atoms with Crippen molar-refractivity contribution in [1.29, 1.82) is 0 Å². The number of rotatable bonds is 0. The van der Waals surface area contributed by atoms with E-state index in [1.807, 2.05) is 0 Å². The van der Waals surface area contributed by atoms with Crippen LogP contribution in [0.25, 0.3) is 0 Å². The van der Waals surface area contributed by atoms with Crippen molar-refractivity contribution in [3.63, 3.8) is 0 Å². The van der Waals surface area contributed by atoms with Gasteiger partial charge in [0.1, 0.15) is 0 Å². The normalized spacial score (nSPS) is 5.50. The largest absolute Gasteiger partial charge is 0.631 e. The molecule has 0 aliphatic heterocycles. The molecule has 0 heterocycles. The lowest BCUT2D eigenvalue weighted by Gasteiger charge is -1.69. The van der Waals surface area contributed by atoms with Gasteiger partial charge >= 0.3 is 22.7 Å². The van der Waals surface area contributed by atoms with Gasteiger partial charge in [0.05, 0.1) is 0 Å². The minimum Gasteiger partial charge on any atom is -0.430 e. The monoisotopic (exact) mass is 154 g/mol. The van der Waals surface area contributed by atoms with Gasteiger partial charge in [-0.05, 0) is 0 Å². The summed E-state index contributed by atoms with van der Waals surface area (Å²) in [4.78, 5) is 0. The molecule has 7 nitrogen and oxygen atoms in total. The average molecular weight is 154 g/mol. The van der Waals surface area contributed by atoms with E-state index in [0.29, 0.717) is 0 Å². The minimum absolute atomic E-state index is 0.750. The first-order valence-electron chi connectivity index (χ1n) is 2.04. The van der Waals surface area contributed by atoms with Crippen molar-refractivity contribution >= 4 is 22.7 Å². The summed E-state index contributed by atoms with van der Waals surface area (Å²) in [6.45, 7) is 0. The van der Waals surface area contributed by atoms with Crippen molar-refractivity contribution < 1.29 is 35.2 Å². The summed E-state index contributed by atoms with van der Waals surface area (Å²) in [5.41, 5.74) is 0. The fourth-order valence-electron chi connectivity index (χ4n) is 0. The number of hydrogen-bond acceptors (Lipinski definition) is 7. The molecule has 0 bridgehead atoms. The molecule has 0 saturated heterocycles. The van der Waals surface area contributed by atoms with Crippen LogP contribution in [-0.4, -0.2) is 57.9 Å². The molecule has 0 aromatic carbocycles. The van der Waals surface area contributed by atoms with Crippen LogP contribution in [0, 0.1) is 0 Å². The van der Waals surface area contributed by atoms with Gasteiger partial charge in [0.2, 0.25) is 0 Å². The van der Waals surface area contributed by atoms with E-state index >= 15 is 0 Å². The van der Waals surface area contributed by atoms with Crippen molar-refractivity contribution in [1.82, 2.24) is 0 Å². The fraction of sp³-hybridized carbons (Fsp3) is 0. The summed E-state index contributed by atoms with van der Waals surface area (Å²) in [5, 5.41) is 50.0. The third kappa shape index (κ3) is 52100. The van der Waals surface area contributed by atoms with E-state index in [1.54, 1.807) is 0 Å². The van der Waals surface area contributed by atoms with Gasteiger partial charge in [-0.3, -0.25) is 0 Å². The lowest BCUT2D eigenvalue weighted by Crippen LogP contribution is -2.07. The van der Waals surface area contributed by atoms with E-state index in [4.69, 9.17) is 35.2 Å². The highest BCUT2D eigenvalue weighted by Crippen LogP contribution is 1.40. The average Bonchev–Trinajstić information content (AvgIpc) is 1.65. The zero-order valence-electron chi connectivity index (χ0n) is 5.12. The molecule has 60 valence electrons. The topological polar surface area (TPSA) is 142 Å². The first-order chi connectivity index (χ1) is 4.56. The molecule has 0 aliphatic rings. The first kappa shape index (κ1) is 16.5. The summed E-state index contributed by atoms with van der Waals surface area (Å²) in [6, 6.07) is 0. The van der Waals surface area contributed by atoms with Crippen LogP contribution in [0.15, 0.2) is 0 Å². The number of hydrogen-bond donors (Lipinski definition) is 7. The zero-order valence-corrected chi connectivity index (χ0v) is 5.12. The summed E-state index contributed by atoms with van der Waals surface area (Å²) in [7, 11) is -3.67. The SMILES string of the molecule is OB(O)O.OBO.OBO. The standard InChI is InChI=1S/BH3O3.2BH3O2/c2-1(3)4;2*2-1-3/h2-4H;2*1-3H. The predicted octanol–water partition coefficient (Wildman–Crippen LogP) is -5.58. The van der Waals surface area contributed by atoms with E-state index in [9.17, 15) is 0 Å². The molecule has 7 N–H and O–H groups in total. The Morgan fingerprint density at radius 3 is 0.700 bits per heavy atom. The zero-order chi connectivity index (χ0) is 8.99. The lowest BCUT2D eigenvalue weighted by atomic mass is 10.3. The van der Waals surface area contributed by atoms with Crippen LogP contribution < -0.4 is 0 Å². The maximum atomic E-state index is 7.17. The molecule has 10 heavy (non-hydrogen) atoms. The van der Waals surface area contributed by atoms with Crippen LogP contribution in [0.1, 0.15) is 0 Å². The highest BCUT2D eigenvalue weighted by molar-refractivity contribution is 6.30. The second-order valence-electron chi connectivity index (χ2n) is 0.629. The van der Waals surface area contributed by atoms with Gasteiger partial charge < -0.3 is 35.2 Å². The predicted molar refractivity (Wildman–Crippen MR) is 35.6 cm³/mol. The van der Waals surface area contributed by atoms with E-state index in [-0.39, 0.29) is 0 Å².